The molecule has 0 spiro atoms. The fraction of sp³-hybridized carbons (Fsp3) is 0.0909. The largest absolute Gasteiger partial charge is 0.236 e. The second kappa shape index (κ2) is 5.00. The first-order valence-corrected chi connectivity index (χ1v) is 5.81. The number of alkyl halides is 1. The van der Waals surface area contributed by atoms with Crippen LogP contribution in [-0.4, -0.2) is 9.97 Å². The van der Waals surface area contributed by atoms with Crippen LogP contribution in [0.5, 0.6) is 0 Å². The van der Waals surface area contributed by atoms with Crippen LogP contribution in [0.3, 0.4) is 0 Å². The zero-order valence-corrected chi connectivity index (χ0v) is 10.4. The topological polar surface area (TPSA) is 25.8 Å². The highest BCUT2D eigenvalue weighted by Gasteiger charge is 2.04. The standard InChI is InChI=1S/C11H7Cl3N2/c12-4-7-5-15-11(16-6-7)8-1-9(13)3-10(14)2-8/h1-3,5-6H,4H2. The van der Waals surface area contributed by atoms with E-state index < -0.39 is 0 Å². The van der Waals surface area contributed by atoms with Gasteiger partial charge in [0.05, 0.1) is 5.88 Å². The second-order valence-electron chi connectivity index (χ2n) is 3.21. The molecule has 0 amide bonds. The van der Waals surface area contributed by atoms with Crippen LogP contribution >= 0.6 is 34.8 Å². The fourth-order valence-corrected chi connectivity index (χ4v) is 1.92. The van der Waals surface area contributed by atoms with Crippen molar-refractivity contribution in [3.63, 3.8) is 0 Å². The summed E-state index contributed by atoms with van der Waals surface area (Å²) >= 11 is 17.4. The third kappa shape index (κ3) is 2.64. The number of hydrogen-bond acceptors (Lipinski definition) is 2. The maximum atomic E-state index is 5.90. The first-order chi connectivity index (χ1) is 7.69. The van der Waals surface area contributed by atoms with Crippen molar-refractivity contribution in [2.24, 2.45) is 0 Å². The van der Waals surface area contributed by atoms with Gasteiger partial charge in [-0.1, -0.05) is 23.2 Å². The van der Waals surface area contributed by atoms with Gasteiger partial charge in [0.1, 0.15) is 0 Å². The molecule has 0 fully saturated rings. The summed E-state index contributed by atoms with van der Waals surface area (Å²) < 4.78 is 0. The molecule has 2 rings (SSSR count). The van der Waals surface area contributed by atoms with Crippen molar-refractivity contribution in [2.45, 2.75) is 5.88 Å². The van der Waals surface area contributed by atoms with Crippen LogP contribution in [0.25, 0.3) is 11.4 Å². The molecule has 2 aromatic rings. The van der Waals surface area contributed by atoms with E-state index in [4.69, 9.17) is 34.8 Å². The maximum Gasteiger partial charge on any atom is 0.159 e. The van der Waals surface area contributed by atoms with Crippen molar-refractivity contribution in [3.8, 4) is 11.4 Å². The summed E-state index contributed by atoms with van der Waals surface area (Å²) in [5, 5.41) is 1.13. The molecule has 16 heavy (non-hydrogen) atoms. The Morgan fingerprint density at radius 2 is 1.50 bits per heavy atom. The van der Waals surface area contributed by atoms with Gasteiger partial charge in [0.25, 0.3) is 0 Å². The van der Waals surface area contributed by atoms with Gasteiger partial charge in [-0.05, 0) is 18.2 Å². The Morgan fingerprint density at radius 3 is 2.00 bits per heavy atom. The van der Waals surface area contributed by atoms with Crippen LogP contribution in [0.4, 0.5) is 0 Å². The van der Waals surface area contributed by atoms with Gasteiger partial charge in [0.15, 0.2) is 5.82 Å². The van der Waals surface area contributed by atoms with E-state index in [2.05, 4.69) is 9.97 Å². The Hall–Kier alpha value is -0.830. The van der Waals surface area contributed by atoms with E-state index in [-0.39, 0.29) is 0 Å². The number of aromatic nitrogens is 2. The van der Waals surface area contributed by atoms with E-state index >= 15 is 0 Å². The van der Waals surface area contributed by atoms with E-state index in [1.807, 2.05) is 0 Å². The number of nitrogens with zero attached hydrogens (tertiary/aromatic N) is 2. The van der Waals surface area contributed by atoms with E-state index in [0.29, 0.717) is 21.7 Å². The Morgan fingerprint density at radius 1 is 0.938 bits per heavy atom. The average molecular weight is 274 g/mol. The summed E-state index contributed by atoms with van der Waals surface area (Å²) in [6.45, 7) is 0. The predicted octanol–water partition coefficient (Wildman–Crippen LogP) is 4.19. The Labute approximate surface area is 108 Å². The molecule has 1 aromatic heterocycles. The SMILES string of the molecule is ClCc1cnc(-c2cc(Cl)cc(Cl)c2)nc1. The number of hydrogen-bond donors (Lipinski definition) is 0. The van der Waals surface area contributed by atoms with Crippen molar-refractivity contribution in [1.29, 1.82) is 0 Å². The fourth-order valence-electron chi connectivity index (χ4n) is 1.26. The molecule has 0 unspecified atom stereocenters. The van der Waals surface area contributed by atoms with Crippen LogP contribution in [-0.2, 0) is 5.88 Å². The number of halogens is 3. The Balaban J connectivity index is 2.42. The van der Waals surface area contributed by atoms with Gasteiger partial charge >= 0.3 is 0 Å². The second-order valence-corrected chi connectivity index (χ2v) is 4.35. The molecule has 82 valence electrons. The van der Waals surface area contributed by atoms with Crippen molar-refractivity contribution in [2.75, 3.05) is 0 Å². The molecule has 0 radical (unpaired) electrons. The lowest BCUT2D eigenvalue weighted by atomic mass is 10.2. The molecule has 5 heteroatoms. The van der Waals surface area contributed by atoms with Gasteiger partial charge < -0.3 is 0 Å². The molecule has 0 aliphatic carbocycles. The van der Waals surface area contributed by atoms with E-state index in [0.717, 1.165) is 11.1 Å². The van der Waals surface area contributed by atoms with Crippen LogP contribution in [0.15, 0.2) is 30.6 Å². The van der Waals surface area contributed by atoms with Crippen molar-refractivity contribution in [3.05, 3.63) is 46.2 Å². The summed E-state index contributed by atoms with van der Waals surface area (Å²) in [4.78, 5) is 8.38. The van der Waals surface area contributed by atoms with Gasteiger partial charge in [0, 0.05) is 33.6 Å². The van der Waals surface area contributed by atoms with E-state index in [1.54, 1.807) is 30.6 Å². The predicted molar refractivity (Wildman–Crippen MR) is 67.0 cm³/mol. The minimum absolute atomic E-state index is 0.399. The maximum absolute atomic E-state index is 5.90. The monoisotopic (exact) mass is 272 g/mol. The van der Waals surface area contributed by atoms with Gasteiger partial charge in [-0.15, -0.1) is 11.6 Å². The molecule has 1 heterocycles. The molecule has 0 bridgehead atoms. The Kier molecular flexibility index (Phi) is 3.64. The van der Waals surface area contributed by atoms with Crippen molar-refractivity contribution in [1.82, 2.24) is 9.97 Å². The first kappa shape index (κ1) is 11.6. The minimum atomic E-state index is 0.399. The van der Waals surface area contributed by atoms with Gasteiger partial charge in [-0.3, -0.25) is 0 Å². The summed E-state index contributed by atoms with van der Waals surface area (Å²) in [7, 11) is 0. The molecule has 0 aliphatic rings. The zero-order chi connectivity index (χ0) is 11.5. The number of rotatable bonds is 2. The zero-order valence-electron chi connectivity index (χ0n) is 8.12. The van der Waals surface area contributed by atoms with Crippen LogP contribution in [0.1, 0.15) is 5.56 Å². The van der Waals surface area contributed by atoms with Gasteiger partial charge in [-0.25, -0.2) is 9.97 Å². The van der Waals surface area contributed by atoms with Gasteiger partial charge in [0.2, 0.25) is 0 Å². The molecule has 0 aliphatic heterocycles. The molecular weight excluding hydrogens is 266 g/mol. The summed E-state index contributed by atoms with van der Waals surface area (Å²) in [6, 6.07) is 5.20. The highest BCUT2D eigenvalue weighted by Crippen LogP contribution is 2.24. The highest BCUT2D eigenvalue weighted by atomic mass is 35.5. The lowest BCUT2D eigenvalue weighted by Gasteiger charge is -2.02. The first-order valence-electron chi connectivity index (χ1n) is 4.52. The minimum Gasteiger partial charge on any atom is -0.236 e. The average Bonchev–Trinajstić information content (AvgIpc) is 2.28. The number of benzene rings is 1. The lowest BCUT2D eigenvalue weighted by Crippen LogP contribution is -1.90. The quantitative estimate of drug-likeness (QED) is 0.767. The van der Waals surface area contributed by atoms with Crippen molar-refractivity contribution < 1.29 is 0 Å². The molecule has 0 saturated heterocycles. The normalized spacial score (nSPS) is 10.4. The van der Waals surface area contributed by atoms with E-state index in [9.17, 15) is 0 Å². The van der Waals surface area contributed by atoms with Crippen LogP contribution in [0.2, 0.25) is 10.0 Å². The molecule has 2 nitrogen and oxygen atoms in total. The van der Waals surface area contributed by atoms with Crippen LogP contribution in [0, 0.1) is 0 Å². The van der Waals surface area contributed by atoms with Crippen LogP contribution < -0.4 is 0 Å². The third-order valence-electron chi connectivity index (χ3n) is 1.98. The smallest absolute Gasteiger partial charge is 0.159 e. The summed E-state index contributed by atoms with van der Waals surface area (Å²) in [5.74, 6) is 0.981. The summed E-state index contributed by atoms with van der Waals surface area (Å²) in [6.07, 6.45) is 3.37. The van der Waals surface area contributed by atoms with Gasteiger partial charge in [-0.2, -0.15) is 0 Å². The highest BCUT2D eigenvalue weighted by molar-refractivity contribution is 6.35. The summed E-state index contributed by atoms with van der Waals surface area (Å²) in [5.41, 5.74) is 1.66. The van der Waals surface area contributed by atoms with E-state index in [1.165, 1.54) is 0 Å². The van der Waals surface area contributed by atoms with Crippen molar-refractivity contribution >= 4 is 34.8 Å². The lowest BCUT2D eigenvalue weighted by molar-refractivity contribution is 1.13. The Bertz CT molecular complexity index is 477. The molecular formula is C11H7Cl3N2. The molecule has 1 aromatic carbocycles. The molecule has 0 atom stereocenters. The molecule has 0 saturated carbocycles. The third-order valence-corrected chi connectivity index (χ3v) is 2.73. The molecule has 0 N–H and O–H groups in total.